The zero-order valence-corrected chi connectivity index (χ0v) is 12.1. The number of nitrogens with zero attached hydrogens (tertiary/aromatic N) is 2. The van der Waals surface area contributed by atoms with Gasteiger partial charge in [0.05, 0.1) is 6.61 Å². The maximum atomic E-state index is 5.23. The van der Waals surface area contributed by atoms with Crippen molar-refractivity contribution in [1.29, 1.82) is 0 Å². The van der Waals surface area contributed by atoms with Crippen LogP contribution in [-0.2, 0) is 11.3 Å². The number of rotatable bonds is 9. The Morgan fingerprint density at radius 2 is 2.32 bits per heavy atom. The molecule has 0 aliphatic heterocycles. The van der Waals surface area contributed by atoms with Crippen molar-refractivity contribution in [2.75, 3.05) is 31.7 Å². The van der Waals surface area contributed by atoms with Crippen molar-refractivity contribution in [3.05, 3.63) is 23.9 Å². The lowest BCUT2D eigenvalue weighted by Crippen LogP contribution is -2.31. The lowest BCUT2D eigenvalue weighted by atomic mass is 10.2. The molecule has 1 aromatic heterocycles. The molecular weight excluding hydrogens is 238 g/mol. The molecule has 1 heterocycles. The standard InChI is InChI=1S/C15H25N3O/c1-3-8-16-12-13-5-4-9-17-15(13)18(10-11-19-2)14-6-7-14/h4-5,9,14,16H,3,6-8,10-12H2,1-2H3. The van der Waals surface area contributed by atoms with Gasteiger partial charge in [-0.2, -0.15) is 0 Å². The summed E-state index contributed by atoms with van der Waals surface area (Å²) in [6.45, 7) is 5.82. The molecule has 1 aromatic rings. The molecule has 0 atom stereocenters. The van der Waals surface area contributed by atoms with Gasteiger partial charge in [-0.15, -0.1) is 0 Å². The van der Waals surface area contributed by atoms with Crippen LogP contribution < -0.4 is 10.2 Å². The highest BCUT2D eigenvalue weighted by Gasteiger charge is 2.30. The normalized spacial score (nSPS) is 14.6. The van der Waals surface area contributed by atoms with Gasteiger partial charge in [-0.1, -0.05) is 13.0 Å². The maximum absolute atomic E-state index is 5.23. The molecule has 0 amide bonds. The van der Waals surface area contributed by atoms with E-state index in [1.165, 1.54) is 18.4 Å². The van der Waals surface area contributed by atoms with E-state index in [1.807, 2.05) is 12.3 Å². The van der Waals surface area contributed by atoms with Crippen molar-refractivity contribution in [3.8, 4) is 0 Å². The summed E-state index contributed by atoms with van der Waals surface area (Å²) in [7, 11) is 1.76. The Bertz CT molecular complexity index is 379. The third kappa shape index (κ3) is 4.18. The second-order valence-corrected chi connectivity index (χ2v) is 5.08. The summed E-state index contributed by atoms with van der Waals surface area (Å²) < 4.78 is 5.23. The molecule has 4 nitrogen and oxygen atoms in total. The molecule has 0 unspecified atom stereocenters. The first-order valence-corrected chi connectivity index (χ1v) is 7.27. The molecule has 106 valence electrons. The predicted octanol–water partition coefficient (Wildman–Crippen LogP) is 2.20. The number of hydrogen-bond acceptors (Lipinski definition) is 4. The summed E-state index contributed by atoms with van der Waals surface area (Å²) in [6.07, 6.45) is 5.61. The van der Waals surface area contributed by atoms with Crippen molar-refractivity contribution in [2.24, 2.45) is 0 Å². The number of anilines is 1. The fraction of sp³-hybridized carbons (Fsp3) is 0.667. The number of methoxy groups -OCH3 is 1. The van der Waals surface area contributed by atoms with Crippen LogP contribution >= 0.6 is 0 Å². The van der Waals surface area contributed by atoms with Gasteiger partial charge in [0.1, 0.15) is 5.82 Å². The Kier molecular flexibility index (Phi) is 5.61. The maximum Gasteiger partial charge on any atom is 0.133 e. The van der Waals surface area contributed by atoms with Gasteiger partial charge >= 0.3 is 0 Å². The highest BCUT2D eigenvalue weighted by molar-refractivity contribution is 5.48. The highest BCUT2D eigenvalue weighted by atomic mass is 16.5. The van der Waals surface area contributed by atoms with Crippen molar-refractivity contribution < 1.29 is 4.74 Å². The van der Waals surface area contributed by atoms with Crippen molar-refractivity contribution >= 4 is 5.82 Å². The van der Waals surface area contributed by atoms with E-state index in [4.69, 9.17) is 4.74 Å². The van der Waals surface area contributed by atoms with E-state index in [2.05, 4.69) is 28.2 Å². The Balaban J connectivity index is 2.06. The number of pyridine rings is 1. The van der Waals surface area contributed by atoms with Crippen LogP contribution in [0.2, 0.25) is 0 Å². The molecule has 1 saturated carbocycles. The molecule has 2 rings (SSSR count). The van der Waals surface area contributed by atoms with E-state index in [-0.39, 0.29) is 0 Å². The molecule has 1 aliphatic rings. The van der Waals surface area contributed by atoms with E-state index in [0.29, 0.717) is 6.04 Å². The van der Waals surface area contributed by atoms with Crippen molar-refractivity contribution in [2.45, 2.75) is 38.8 Å². The quantitative estimate of drug-likeness (QED) is 0.693. The molecule has 0 radical (unpaired) electrons. The van der Waals surface area contributed by atoms with Gasteiger partial charge in [0.2, 0.25) is 0 Å². The number of nitrogens with one attached hydrogen (secondary N) is 1. The Labute approximate surface area is 116 Å². The summed E-state index contributed by atoms with van der Waals surface area (Å²) in [4.78, 5) is 7.01. The number of aromatic nitrogens is 1. The van der Waals surface area contributed by atoms with Crippen LogP contribution in [0.1, 0.15) is 31.7 Å². The summed E-state index contributed by atoms with van der Waals surface area (Å²) in [6, 6.07) is 4.86. The van der Waals surface area contributed by atoms with E-state index >= 15 is 0 Å². The second-order valence-electron chi connectivity index (χ2n) is 5.08. The lowest BCUT2D eigenvalue weighted by molar-refractivity contribution is 0.204. The van der Waals surface area contributed by atoms with Crippen LogP contribution in [0.3, 0.4) is 0 Å². The number of ether oxygens (including phenoxy) is 1. The summed E-state index contributed by atoms with van der Waals surface area (Å²) in [5.41, 5.74) is 1.29. The molecule has 0 saturated heterocycles. The van der Waals surface area contributed by atoms with Crippen LogP contribution in [0.4, 0.5) is 5.82 Å². The molecule has 0 spiro atoms. The third-order valence-electron chi connectivity index (χ3n) is 3.41. The Morgan fingerprint density at radius 3 is 3.00 bits per heavy atom. The molecular formula is C15H25N3O. The minimum atomic E-state index is 0.662. The summed E-state index contributed by atoms with van der Waals surface area (Å²) >= 11 is 0. The van der Waals surface area contributed by atoms with E-state index in [0.717, 1.165) is 38.5 Å². The van der Waals surface area contributed by atoms with Crippen LogP contribution in [-0.4, -0.2) is 37.8 Å². The monoisotopic (exact) mass is 263 g/mol. The molecule has 1 aliphatic carbocycles. The Morgan fingerprint density at radius 1 is 1.47 bits per heavy atom. The minimum absolute atomic E-state index is 0.662. The van der Waals surface area contributed by atoms with E-state index in [9.17, 15) is 0 Å². The predicted molar refractivity (Wildman–Crippen MR) is 78.5 cm³/mol. The summed E-state index contributed by atoms with van der Waals surface area (Å²) in [5, 5.41) is 3.46. The first kappa shape index (κ1) is 14.3. The molecule has 0 bridgehead atoms. The second kappa shape index (κ2) is 7.46. The molecule has 4 heteroatoms. The first-order chi connectivity index (χ1) is 9.36. The van der Waals surface area contributed by atoms with Gasteiger partial charge < -0.3 is 15.0 Å². The van der Waals surface area contributed by atoms with E-state index in [1.54, 1.807) is 7.11 Å². The van der Waals surface area contributed by atoms with Gasteiger partial charge in [-0.05, 0) is 31.9 Å². The molecule has 19 heavy (non-hydrogen) atoms. The topological polar surface area (TPSA) is 37.4 Å². The zero-order chi connectivity index (χ0) is 13.5. The molecule has 1 fully saturated rings. The third-order valence-corrected chi connectivity index (χ3v) is 3.41. The van der Waals surface area contributed by atoms with Gasteiger partial charge in [0.25, 0.3) is 0 Å². The first-order valence-electron chi connectivity index (χ1n) is 7.27. The Hall–Kier alpha value is -1.13. The average Bonchev–Trinajstić information content (AvgIpc) is 3.26. The van der Waals surface area contributed by atoms with Crippen LogP contribution in [0.15, 0.2) is 18.3 Å². The minimum Gasteiger partial charge on any atom is -0.383 e. The SMILES string of the molecule is CCCNCc1cccnc1N(CCOC)C1CC1. The summed E-state index contributed by atoms with van der Waals surface area (Å²) in [5.74, 6) is 1.13. The van der Waals surface area contributed by atoms with Crippen LogP contribution in [0.25, 0.3) is 0 Å². The van der Waals surface area contributed by atoms with Gasteiger partial charge in [0, 0.05) is 38.0 Å². The zero-order valence-electron chi connectivity index (χ0n) is 12.1. The molecule has 0 aromatic carbocycles. The van der Waals surface area contributed by atoms with Gasteiger partial charge in [0.15, 0.2) is 0 Å². The number of hydrogen-bond donors (Lipinski definition) is 1. The smallest absolute Gasteiger partial charge is 0.133 e. The van der Waals surface area contributed by atoms with Crippen molar-refractivity contribution in [3.63, 3.8) is 0 Å². The van der Waals surface area contributed by atoms with Crippen molar-refractivity contribution in [1.82, 2.24) is 10.3 Å². The average molecular weight is 263 g/mol. The lowest BCUT2D eigenvalue weighted by Gasteiger charge is -2.25. The largest absolute Gasteiger partial charge is 0.383 e. The van der Waals surface area contributed by atoms with Crippen LogP contribution in [0.5, 0.6) is 0 Å². The fourth-order valence-electron chi connectivity index (χ4n) is 2.26. The van der Waals surface area contributed by atoms with Gasteiger partial charge in [-0.3, -0.25) is 0 Å². The highest BCUT2D eigenvalue weighted by Crippen LogP contribution is 2.32. The molecule has 1 N–H and O–H groups in total. The van der Waals surface area contributed by atoms with Crippen LogP contribution in [0, 0.1) is 0 Å². The fourth-order valence-corrected chi connectivity index (χ4v) is 2.26. The van der Waals surface area contributed by atoms with Gasteiger partial charge in [-0.25, -0.2) is 4.98 Å². The van der Waals surface area contributed by atoms with E-state index < -0.39 is 0 Å².